The molecule has 40 heavy (non-hydrogen) atoms. The van der Waals surface area contributed by atoms with Crippen molar-refractivity contribution >= 4 is 22.7 Å². The molecule has 0 saturated carbocycles. The van der Waals surface area contributed by atoms with Gasteiger partial charge in [0.05, 0.1) is 24.2 Å². The van der Waals surface area contributed by atoms with Gasteiger partial charge in [0.25, 0.3) is 0 Å². The summed E-state index contributed by atoms with van der Waals surface area (Å²) in [6, 6.07) is 9.67. The Morgan fingerprint density at radius 2 is 1.73 bits per heavy atom. The predicted octanol–water partition coefficient (Wildman–Crippen LogP) is 6.11. The van der Waals surface area contributed by atoms with Crippen molar-refractivity contribution in [2.24, 2.45) is 7.05 Å². The highest BCUT2D eigenvalue weighted by Gasteiger charge is 2.25. The second-order valence-corrected chi connectivity index (χ2v) is 11.2. The highest BCUT2D eigenvalue weighted by Crippen LogP contribution is 2.30. The minimum Gasteiger partial charge on any atom is -0.478 e. The summed E-state index contributed by atoms with van der Waals surface area (Å²) in [6.07, 6.45) is 6.31. The number of benzene rings is 1. The quantitative estimate of drug-likeness (QED) is 0.283. The summed E-state index contributed by atoms with van der Waals surface area (Å²) in [7, 11) is 1.78. The first-order valence-corrected chi connectivity index (χ1v) is 14.3. The van der Waals surface area contributed by atoms with Crippen molar-refractivity contribution in [1.82, 2.24) is 19.0 Å². The molecule has 0 saturated heterocycles. The molecule has 0 fully saturated rings. The van der Waals surface area contributed by atoms with Crippen LogP contribution < -0.4 is 15.2 Å². The number of aromatic nitrogens is 3. The molecule has 0 aliphatic carbocycles. The lowest BCUT2D eigenvalue weighted by Crippen LogP contribution is -2.39. The van der Waals surface area contributed by atoms with E-state index in [-0.39, 0.29) is 11.8 Å². The van der Waals surface area contributed by atoms with Gasteiger partial charge in [0.15, 0.2) is 0 Å². The molecule has 216 valence electrons. The van der Waals surface area contributed by atoms with E-state index in [0.29, 0.717) is 50.2 Å². The van der Waals surface area contributed by atoms with Gasteiger partial charge in [-0.2, -0.15) is 4.98 Å². The maximum Gasteiger partial charge on any atom is 0.410 e. The third-order valence-corrected chi connectivity index (χ3v) is 6.83. The number of aryl methyl sites for hydroxylation is 1. The number of hydrogen-bond acceptors (Lipinski definition) is 6. The molecule has 0 spiro atoms. The second-order valence-electron chi connectivity index (χ2n) is 11.2. The molecule has 1 aromatic carbocycles. The van der Waals surface area contributed by atoms with E-state index in [1.54, 1.807) is 27.1 Å². The normalized spacial score (nSPS) is 13.8. The lowest BCUT2D eigenvalue weighted by Gasteiger charge is -2.29. The zero-order valence-electron chi connectivity index (χ0n) is 24.7. The fourth-order valence-corrected chi connectivity index (χ4v) is 4.60. The summed E-state index contributed by atoms with van der Waals surface area (Å²) in [6.45, 7) is 12.0. The van der Waals surface area contributed by atoms with Crippen LogP contribution in [-0.4, -0.2) is 57.0 Å². The molecule has 0 radical (unpaired) electrons. The van der Waals surface area contributed by atoms with Gasteiger partial charge in [0, 0.05) is 26.2 Å². The highest BCUT2D eigenvalue weighted by molar-refractivity contribution is 5.84. The van der Waals surface area contributed by atoms with E-state index in [0.717, 1.165) is 47.9 Å². The first-order chi connectivity index (χ1) is 19.1. The van der Waals surface area contributed by atoms with Crippen LogP contribution in [0.2, 0.25) is 0 Å². The van der Waals surface area contributed by atoms with Gasteiger partial charge in [-0.15, -0.1) is 0 Å². The molecule has 0 bridgehead atoms. The van der Waals surface area contributed by atoms with Crippen molar-refractivity contribution in [2.75, 3.05) is 26.3 Å². The number of nitrogens with zero attached hydrogens (tertiary/aromatic N) is 4. The van der Waals surface area contributed by atoms with Gasteiger partial charge in [0.2, 0.25) is 11.8 Å². The monoisotopic (exact) mass is 550 g/mol. The van der Waals surface area contributed by atoms with Gasteiger partial charge in [0.1, 0.15) is 11.3 Å². The fraction of sp³-hybridized carbons (Fsp3) is 0.516. The zero-order valence-corrected chi connectivity index (χ0v) is 24.7. The van der Waals surface area contributed by atoms with E-state index in [1.807, 2.05) is 45.0 Å². The third kappa shape index (κ3) is 6.69. The van der Waals surface area contributed by atoms with Crippen LogP contribution >= 0.6 is 0 Å². The molecule has 0 unspecified atom stereocenters. The van der Waals surface area contributed by atoms with Crippen molar-refractivity contribution < 1.29 is 19.0 Å². The number of ether oxygens (including phenoxy) is 3. The lowest BCUT2D eigenvalue weighted by molar-refractivity contribution is 0.0270. The molecular formula is C31H42N4O5. The average Bonchev–Trinajstić information content (AvgIpc) is 3.17. The topological polar surface area (TPSA) is 87.8 Å². The summed E-state index contributed by atoms with van der Waals surface area (Å²) in [5, 5.41) is 0. The van der Waals surface area contributed by atoms with E-state index in [1.165, 1.54) is 0 Å². The van der Waals surface area contributed by atoms with E-state index in [4.69, 9.17) is 14.2 Å². The van der Waals surface area contributed by atoms with Crippen LogP contribution in [0.5, 0.6) is 11.8 Å². The second kappa shape index (κ2) is 12.6. The van der Waals surface area contributed by atoms with Gasteiger partial charge >= 0.3 is 11.8 Å². The Morgan fingerprint density at radius 3 is 2.38 bits per heavy atom. The van der Waals surface area contributed by atoms with E-state index >= 15 is 0 Å². The number of hydrogen-bond donors (Lipinski definition) is 0. The van der Waals surface area contributed by atoms with Crippen LogP contribution in [0.3, 0.4) is 0 Å². The zero-order chi connectivity index (χ0) is 28.9. The van der Waals surface area contributed by atoms with Crippen LogP contribution in [0.25, 0.3) is 22.3 Å². The van der Waals surface area contributed by atoms with E-state index in [2.05, 4.69) is 24.9 Å². The predicted molar refractivity (Wildman–Crippen MR) is 158 cm³/mol. The van der Waals surface area contributed by atoms with Crippen molar-refractivity contribution in [3.05, 3.63) is 52.5 Å². The highest BCUT2D eigenvalue weighted by atomic mass is 16.6. The molecular weight excluding hydrogens is 508 g/mol. The molecule has 4 rings (SSSR count). The maximum absolute atomic E-state index is 13.5. The SMILES string of the molecule is CCCCOc1ccc(-n2c(=O)n(C)c3cc(C4=CCN(C(=O)OC(C)(C)C)CC4)ccc32)c(OCCCC)n1. The molecule has 0 N–H and O–H groups in total. The molecule has 3 heterocycles. The van der Waals surface area contributed by atoms with Gasteiger partial charge in [-0.25, -0.2) is 9.59 Å². The molecule has 1 aliphatic rings. The van der Waals surface area contributed by atoms with Crippen LogP contribution in [0, 0.1) is 0 Å². The number of rotatable bonds is 10. The standard InChI is InChI=1S/C31H42N4O5/c1-7-9-19-38-27-14-13-25(28(32-27)39-20-10-8-2)35-24-12-11-23(21-26(24)33(6)29(35)36)22-15-17-34(18-16-22)30(37)40-31(3,4)5/h11-15,21H,7-10,16-20H2,1-6H3. The smallest absolute Gasteiger partial charge is 0.410 e. The Hall–Kier alpha value is -3.75. The van der Waals surface area contributed by atoms with Crippen LogP contribution in [0.15, 0.2) is 41.2 Å². The van der Waals surface area contributed by atoms with Gasteiger partial charge in [-0.05, 0) is 69.4 Å². The maximum atomic E-state index is 13.5. The number of fused-ring (bicyclic) bond motifs is 1. The van der Waals surface area contributed by atoms with Crippen LogP contribution in [-0.2, 0) is 11.8 Å². The van der Waals surface area contributed by atoms with Crippen molar-refractivity contribution in [3.8, 4) is 17.4 Å². The first-order valence-electron chi connectivity index (χ1n) is 14.3. The molecule has 3 aromatic rings. The Labute approximate surface area is 236 Å². The fourth-order valence-electron chi connectivity index (χ4n) is 4.60. The molecule has 9 nitrogen and oxygen atoms in total. The molecule has 2 aromatic heterocycles. The minimum atomic E-state index is -0.525. The van der Waals surface area contributed by atoms with Gasteiger partial charge in [-0.3, -0.25) is 9.13 Å². The number of unbranched alkanes of at least 4 members (excludes halogenated alkanes) is 2. The van der Waals surface area contributed by atoms with Crippen molar-refractivity contribution in [2.45, 2.75) is 72.3 Å². The van der Waals surface area contributed by atoms with Crippen LogP contribution in [0.4, 0.5) is 4.79 Å². The molecule has 1 amide bonds. The van der Waals surface area contributed by atoms with Gasteiger partial charge < -0.3 is 19.1 Å². The molecule has 9 heteroatoms. The molecule has 1 aliphatic heterocycles. The van der Waals surface area contributed by atoms with E-state index in [9.17, 15) is 9.59 Å². The van der Waals surface area contributed by atoms with Crippen molar-refractivity contribution in [3.63, 3.8) is 0 Å². The average molecular weight is 551 g/mol. The van der Waals surface area contributed by atoms with E-state index < -0.39 is 5.60 Å². The summed E-state index contributed by atoms with van der Waals surface area (Å²) >= 11 is 0. The van der Waals surface area contributed by atoms with Crippen LogP contribution in [0.1, 0.15) is 72.3 Å². The number of carbonyl (C=O) groups is 1. The minimum absolute atomic E-state index is 0.178. The Morgan fingerprint density at radius 1 is 1.00 bits per heavy atom. The summed E-state index contributed by atoms with van der Waals surface area (Å²) in [5.74, 6) is 0.877. The Kier molecular flexibility index (Phi) is 9.22. The lowest BCUT2D eigenvalue weighted by atomic mass is 9.99. The van der Waals surface area contributed by atoms with Crippen molar-refractivity contribution in [1.29, 1.82) is 0 Å². The molecule has 0 atom stereocenters. The summed E-state index contributed by atoms with van der Waals surface area (Å²) in [4.78, 5) is 32.3. The largest absolute Gasteiger partial charge is 0.478 e. The number of amides is 1. The number of pyridine rings is 1. The number of imidazole rings is 1. The number of carbonyl (C=O) groups excluding carboxylic acids is 1. The first kappa shape index (κ1) is 29.2. The van der Waals surface area contributed by atoms with Gasteiger partial charge in [-0.1, -0.05) is 38.8 Å². The summed E-state index contributed by atoms with van der Waals surface area (Å²) < 4.78 is 20.7. The third-order valence-electron chi connectivity index (χ3n) is 6.83. The summed E-state index contributed by atoms with van der Waals surface area (Å²) in [5.41, 5.74) is 3.63. The Bertz CT molecular complexity index is 1430. The Balaban J connectivity index is 1.65.